The topological polar surface area (TPSA) is 63.5 Å². The molecule has 0 unspecified atom stereocenters. The number of methoxy groups -OCH3 is 1. The smallest absolute Gasteiger partial charge is 0.145 e. The predicted octanol–water partition coefficient (Wildman–Crippen LogP) is 2.84. The van der Waals surface area contributed by atoms with Gasteiger partial charge in [-0.3, -0.25) is 4.90 Å². The molecular formula is C24H27FN2O4. The lowest BCUT2D eigenvalue weighted by molar-refractivity contribution is 0.00417. The fourth-order valence-electron chi connectivity index (χ4n) is 3.46. The molecule has 2 atom stereocenters. The number of nitrogens with zero attached hydrogens (tertiary/aromatic N) is 2. The highest BCUT2D eigenvalue weighted by Gasteiger charge is 2.26. The highest BCUT2D eigenvalue weighted by molar-refractivity contribution is 6.01. The van der Waals surface area contributed by atoms with Gasteiger partial charge in [0.2, 0.25) is 0 Å². The van der Waals surface area contributed by atoms with Crippen LogP contribution in [0.4, 0.5) is 4.39 Å². The average Bonchev–Trinajstić information content (AvgIpc) is 3.23. The zero-order chi connectivity index (χ0) is 22.1. The zero-order valence-corrected chi connectivity index (χ0v) is 17.5. The van der Waals surface area contributed by atoms with E-state index in [1.54, 1.807) is 19.2 Å². The lowest BCUT2D eigenvalue weighted by Gasteiger charge is -2.27. The van der Waals surface area contributed by atoms with Gasteiger partial charge in [-0.25, -0.2) is 4.39 Å². The Labute approximate surface area is 182 Å². The average molecular weight is 426 g/mol. The third-order valence-electron chi connectivity index (χ3n) is 4.88. The molecule has 6 nitrogen and oxygen atoms in total. The van der Waals surface area contributed by atoms with Gasteiger partial charge in [0.05, 0.1) is 25.5 Å². The van der Waals surface area contributed by atoms with Crippen molar-refractivity contribution in [3.63, 3.8) is 0 Å². The van der Waals surface area contributed by atoms with Crippen LogP contribution in [0.1, 0.15) is 17.5 Å². The fourth-order valence-corrected chi connectivity index (χ4v) is 3.46. The summed E-state index contributed by atoms with van der Waals surface area (Å²) in [5.74, 6) is 2.88. The van der Waals surface area contributed by atoms with Gasteiger partial charge in [0, 0.05) is 26.1 Å². The second kappa shape index (κ2) is 11.5. The van der Waals surface area contributed by atoms with Crippen LogP contribution in [0.3, 0.4) is 0 Å². The quantitative estimate of drug-likeness (QED) is 0.442. The van der Waals surface area contributed by atoms with Crippen LogP contribution >= 0.6 is 0 Å². The molecule has 0 spiro atoms. The molecule has 3 rings (SSSR count). The summed E-state index contributed by atoms with van der Waals surface area (Å²) >= 11 is 0. The Morgan fingerprint density at radius 3 is 2.87 bits per heavy atom. The standard InChI is InChI=1S/C24H27FN2O4/c1-3-11-30-17-21(28)15-27(14-18-5-4-6-22(12-18)29-2)16-23-13-24(26-31-23)19-7-9-20(25)10-8-19/h1,4-10,12,21,23,28H,11,13-17H2,2H3/t21-,23+/m0/s1. The molecule has 2 aromatic rings. The van der Waals surface area contributed by atoms with Crippen LogP contribution in [-0.2, 0) is 16.1 Å². The van der Waals surface area contributed by atoms with Crippen molar-refractivity contribution < 1.29 is 23.8 Å². The van der Waals surface area contributed by atoms with Gasteiger partial charge in [-0.2, -0.15) is 0 Å². The van der Waals surface area contributed by atoms with E-state index in [9.17, 15) is 9.50 Å². The molecule has 0 fully saturated rings. The third-order valence-corrected chi connectivity index (χ3v) is 4.88. The minimum atomic E-state index is -0.696. The first kappa shape index (κ1) is 22.8. The Hall–Kier alpha value is -2.92. The number of aliphatic hydroxyl groups is 1. The molecular weight excluding hydrogens is 399 g/mol. The lowest BCUT2D eigenvalue weighted by Crippen LogP contribution is -2.39. The van der Waals surface area contributed by atoms with Crippen molar-refractivity contribution in [2.45, 2.75) is 25.2 Å². The fraction of sp³-hybridized carbons (Fsp3) is 0.375. The molecule has 0 saturated carbocycles. The van der Waals surface area contributed by atoms with Crippen molar-refractivity contribution >= 4 is 5.71 Å². The van der Waals surface area contributed by atoms with Crippen LogP contribution < -0.4 is 4.74 Å². The number of halogens is 1. The minimum absolute atomic E-state index is 0.154. The number of rotatable bonds is 11. The van der Waals surface area contributed by atoms with Crippen LogP contribution in [0.2, 0.25) is 0 Å². The number of aliphatic hydroxyl groups excluding tert-OH is 1. The van der Waals surface area contributed by atoms with Gasteiger partial charge in [-0.15, -0.1) is 6.42 Å². The summed E-state index contributed by atoms with van der Waals surface area (Å²) in [5, 5.41) is 14.6. The molecule has 0 saturated heterocycles. The number of benzene rings is 2. The number of hydrogen-bond acceptors (Lipinski definition) is 6. The van der Waals surface area contributed by atoms with Gasteiger partial charge in [0.25, 0.3) is 0 Å². The van der Waals surface area contributed by atoms with E-state index in [-0.39, 0.29) is 25.1 Å². The van der Waals surface area contributed by atoms with Crippen LogP contribution in [0, 0.1) is 18.2 Å². The van der Waals surface area contributed by atoms with E-state index < -0.39 is 6.10 Å². The summed E-state index contributed by atoms with van der Waals surface area (Å²) in [6.45, 7) is 1.84. The summed E-state index contributed by atoms with van der Waals surface area (Å²) < 4.78 is 23.8. The molecule has 0 amide bonds. The van der Waals surface area contributed by atoms with Gasteiger partial charge in [0.15, 0.2) is 0 Å². The summed E-state index contributed by atoms with van der Waals surface area (Å²) in [6.07, 6.45) is 4.92. The van der Waals surface area contributed by atoms with Gasteiger partial charge >= 0.3 is 0 Å². The summed E-state index contributed by atoms with van der Waals surface area (Å²) in [4.78, 5) is 7.72. The molecule has 0 aromatic heterocycles. The molecule has 1 heterocycles. The number of oxime groups is 1. The van der Waals surface area contributed by atoms with E-state index in [1.165, 1.54) is 12.1 Å². The Morgan fingerprint density at radius 1 is 1.32 bits per heavy atom. The maximum atomic E-state index is 13.2. The van der Waals surface area contributed by atoms with E-state index in [0.717, 1.165) is 22.6 Å². The maximum absolute atomic E-state index is 13.2. The molecule has 2 aromatic carbocycles. The first-order valence-electron chi connectivity index (χ1n) is 10.1. The van der Waals surface area contributed by atoms with E-state index >= 15 is 0 Å². The second-order valence-corrected chi connectivity index (χ2v) is 7.40. The molecule has 0 aliphatic carbocycles. The molecule has 1 N–H and O–H groups in total. The van der Waals surface area contributed by atoms with Gasteiger partial charge in [-0.05, 0) is 35.4 Å². The first-order valence-corrected chi connectivity index (χ1v) is 10.1. The molecule has 164 valence electrons. The van der Waals surface area contributed by atoms with E-state index in [4.69, 9.17) is 20.7 Å². The highest BCUT2D eigenvalue weighted by atomic mass is 19.1. The van der Waals surface area contributed by atoms with Crippen LogP contribution in [0.5, 0.6) is 5.75 Å². The van der Waals surface area contributed by atoms with E-state index in [2.05, 4.69) is 16.0 Å². The largest absolute Gasteiger partial charge is 0.497 e. The van der Waals surface area contributed by atoms with E-state index in [0.29, 0.717) is 26.1 Å². The number of ether oxygens (including phenoxy) is 2. The highest BCUT2D eigenvalue weighted by Crippen LogP contribution is 2.20. The first-order chi connectivity index (χ1) is 15.1. The van der Waals surface area contributed by atoms with Crippen molar-refractivity contribution in [3.8, 4) is 18.1 Å². The Morgan fingerprint density at radius 2 is 2.13 bits per heavy atom. The monoisotopic (exact) mass is 426 g/mol. The van der Waals surface area contributed by atoms with Crippen molar-refractivity contribution in [1.82, 2.24) is 4.90 Å². The number of terminal acetylenes is 1. The molecule has 1 aliphatic heterocycles. The third kappa shape index (κ3) is 7.07. The van der Waals surface area contributed by atoms with Crippen LogP contribution in [0.25, 0.3) is 0 Å². The SMILES string of the molecule is C#CCOC[C@@H](O)CN(Cc1cccc(OC)c1)C[C@H]1CC(c2ccc(F)cc2)=NO1. The molecule has 0 radical (unpaired) electrons. The summed E-state index contributed by atoms with van der Waals surface area (Å²) in [7, 11) is 1.63. The molecule has 0 bridgehead atoms. The van der Waals surface area contributed by atoms with Gasteiger partial charge in [-0.1, -0.05) is 35.3 Å². The second-order valence-electron chi connectivity index (χ2n) is 7.40. The lowest BCUT2D eigenvalue weighted by atomic mass is 10.0. The van der Waals surface area contributed by atoms with Crippen molar-refractivity contribution in [1.29, 1.82) is 0 Å². The normalized spacial score (nSPS) is 16.5. The van der Waals surface area contributed by atoms with Crippen LogP contribution in [0.15, 0.2) is 53.7 Å². The van der Waals surface area contributed by atoms with Crippen molar-refractivity contribution in [2.24, 2.45) is 5.16 Å². The predicted molar refractivity (Wildman–Crippen MR) is 116 cm³/mol. The Balaban J connectivity index is 1.63. The van der Waals surface area contributed by atoms with Gasteiger partial charge < -0.3 is 19.4 Å². The number of hydrogen-bond donors (Lipinski definition) is 1. The molecule has 7 heteroatoms. The van der Waals surface area contributed by atoms with E-state index in [1.807, 2.05) is 24.3 Å². The summed E-state index contributed by atoms with van der Waals surface area (Å²) in [6, 6.07) is 14.0. The van der Waals surface area contributed by atoms with Crippen LogP contribution in [-0.4, -0.2) is 61.3 Å². The molecule has 1 aliphatic rings. The zero-order valence-electron chi connectivity index (χ0n) is 17.5. The minimum Gasteiger partial charge on any atom is -0.497 e. The summed E-state index contributed by atoms with van der Waals surface area (Å²) in [5.41, 5.74) is 2.67. The van der Waals surface area contributed by atoms with Crippen molar-refractivity contribution in [2.75, 3.05) is 33.4 Å². The Bertz CT molecular complexity index is 911. The molecule has 31 heavy (non-hydrogen) atoms. The van der Waals surface area contributed by atoms with Gasteiger partial charge in [0.1, 0.15) is 24.3 Å². The maximum Gasteiger partial charge on any atom is 0.145 e. The van der Waals surface area contributed by atoms with Crippen molar-refractivity contribution in [3.05, 3.63) is 65.5 Å². The Kier molecular flexibility index (Phi) is 8.42.